The third-order valence-electron chi connectivity index (χ3n) is 3.19. The van der Waals surface area contributed by atoms with Crippen LogP contribution in [-0.4, -0.2) is 6.29 Å². The van der Waals surface area contributed by atoms with Gasteiger partial charge in [-0.15, -0.1) is 0 Å². The predicted molar refractivity (Wildman–Crippen MR) is 74.7 cm³/mol. The smallest absolute Gasteiger partial charge is 0.150 e. The summed E-state index contributed by atoms with van der Waals surface area (Å²) in [5, 5.41) is 2.19. The molecule has 2 heteroatoms. The van der Waals surface area contributed by atoms with Crippen molar-refractivity contribution in [1.29, 1.82) is 0 Å². The highest BCUT2D eigenvalue weighted by Crippen LogP contribution is 2.26. The van der Waals surface area contributed by atoms with Gasteiger partial charge in [-0.1, -0.05) is 48.5 Å². The van der Waals surface area contributed by atoms with Gasteiger partial charge in [0.05, 0.1) is 0 Å². The highest BCUT2D eigenvalue weighted by molar-refractivity contribution is 5.87. The normalized spacial score (nSPS) is 10.6. The summed E-state index contributed by atoms with van der Waals surface area (Å²) >= 11 is 0. The average molecular weight is 250 g/mol. The Morgan fingerprint density at radius 1 is 0.842 bits per heavy atom. The fraction of sp³-hybridized carbons (Fsp3) is 0. The van der Waals surface area contributed by atoms with Crippen LogP contribution in [-0.2, 0) is 0 Å². The van der Waals surface area contributed by atoms with Crippen LogP contribution >= 0.6 is 0 Å². The fourth-order valence-electron chi connectivity index (χ4n) is 2.20. The van der Waals surface area contributed by atoms with Crippen molar-refractivity contribution in [3.8, 4) is 11.1 Å². The molecule has 0 unspecified atom stereocenters. The average Bonchev–Trinajstić information content (AvgIpc) is 2.46. The first kappa shape index (κ1) is 11.6. The van der Waals surface area contributed by atoms with E-state index in [9.17, 15) is 9.18 Å². The summed E-state index contributed by atoms with van der Waals surface area (Å²) in [4.78, 5) is 10.6. The minimum atomic E-state index is -0.375. The minimum absolute atomic E-state index is 0.349. The molecule has 0 amide bonds. The summed E-state index contributed by atoms with van der Waals surface area (Å²) in [7, 11) is 0. The van der Waals surface area contributed by atoms with E-state index in [2.05, 4.69) is 0 Å². The van der Waals surface area contributed by atoms with Crippen LogP contribution in [0.2, 0.25) is 0 Å². The van der Waals surface area contributed by atoms with Gasteiger partial charge in [0.15, 0.2) is 0 Å². The molecule has 0 atom stereocenters. The molecule has 3 aromatic carbocycles. The lowest BCUT2D eigenvalue weighted by molar-refractivity contribution is 0.112. The Kier molecular flexibility index (Phi) is 2.84. The molecule has 0 radical (unpaired) electrons. The first-order valence-corrected chi connectivity index (χ1v) is 6.02. The van der Waals surface area contributed by atoms with E-state index < -0.39 is 0 Å². The Balaban J connectivity index is 2.16. The van der Waals surface area contributed by atoms with Crippen molar-refractivity contribution < 1.29 is 9.18 Å². The van der Waals surface area contributed by atoms with Gasteiger partial charge >= 0.3 is 0 Å². The van der Waals surface area contributed by atoms with E-state index in [1.165, 1.54) is 6.07 Å². The molecule has 0 saturated heterocycles. The second kappa shape index (κ2) is 4.65. The molecule has 0 aromatic heterocycles. The molecule has 0 N–H and O–H groups in total. The number of benzene rings is 3. The molecule has 92 valence electrons. The van der Waals surface area contributed by atoms with Crippen LogP contribution in [0.1, 0.15) is 10.4 Å². The molecule has 0 bridgehead atoms. The number of carbonyl (C=O) groups excluding carboxylic acids is 1. The van der Waals surface area contributed by atoms with Gasteiger partial charge in [-0.2, -0.15) is 0 Å². The van der Waals surface area contributed by atoms with E-state index in [1.54, 1.807) is 12.1 Å². The zero-order valence-electron chi connectivity index (χ0n) is 10.1. The predicted octanol–water partition coefficient (Wildman–Crippen LogP) is 4.46. The second-order valence-electron chi connectivity index (χ2n) is 4.42. The summed E-state index contributed by atoms with van der Waals surface area (Å²) in [6.45, 7) is 0. The summed E-state index contributed by atoms with van der Waals surface area (Å²) in [6.07, 6.45) is 0.646. The molecule has 1 nitrogen and oxygen atoms in total. The van der Waals surface area contributed by atoms with Crippen molar-refractivity contribution >= 4 is 17.1 Å². The summed E-state index contributed by atoms with van der Waals surface area (Å²) in [6, 6.07) is 18.3. The van der Waals surface area contributed by atoms with Gasteiger partial charge in [-0.05, 0) is 28.5 Å². The zero-order valence-corrected chi connectivity index (χ0v) is 10.1. The molecule has 0 aliphatic rings. The van der Waals surface area contributed by atoms with E-state index in [0.717, 1.165) is 16.3 Å². The molecule has 0 aliphatic heterocycles. The van der Waals surface area contributed by atoms with E-state index in [0.29, 0.717) is 17.4 Å². The van der Waals surface area contributed by atoms with Crippen molar-refractivity contribution in [2.24, 2.45) is 0 Å². The van der Waals surface area contributed by atoms with Crippen molar-refractivity contribution in [1.82, 2.24) is 0 Å². The van der Waals surface area contributed by atoms with Gasteiger partial charge in [0, 0.05) is 11.1 Å². The van der Waals surface area contributed by atoms with Crippen molar-refractivity contribution in [3.05, 3.63) is 72.0 Å². The van der Waals surface area contributed by atoms with Crippen LogP contribution in [0.15, 0.2) is 60.7 Å². The second-order valence-corrected chi connectivity index (χ2v) is 4.42. The van der Waals surface area contributed by atoms with Gasteiger partial charge in [0.25, 0.3) is 0 Å². The maximum atomic E-state index is 14.0. The molecule has 0 heterocycles. The fourth-order valence-corrected chi connectivity index (χ4v) is 2.20. The first-order valence-electron chi connectivity index (χ1n) is 6.02. The lowest BCUT2D eigenvalue weighted by atomic mass is 10.00. The van der Waals surface area contributed by atoms with Gasteiger partial charge in [0.1, 0.15) is 12.1 Å². The number of hydrogen-bond acceptors (Lipinski definition) is 1. The minimum Gasteiger partial charge on any atom is -0.298 e. The lowest BCUT2D eigenvalue weighted by Gasteiger charge is -2.06. The highest BCUT2D eigenvalue weighted by Gasteiger charge is 2.06. The highest BCUT2D eigenvalue weighted by atomic mass is 19.1. The van der Waals surface area contributed by atoms with Crippen molar-refractivity contribution in [2.75, 3.05) is 0 Å². The van der Waals surface area contributed by atoms with Crippen LogP contribution in [0, 0.1) is 5.82 Å². The number of hydrogen-bond donors (Lipinski definition) is 0. The van der Waals surface area contributed by atoms with Crippen LogP contribution in [0.3, 0.4) is 0 Å². The third-order valence-corrected chi connectivity index (χ3v) is 3.19. The lowest BCUT2D eigenvalue weighted by Crippen LogP contribution is -1.88. The van der Waals surface area contributed by atoms with E-state index in [1.807, 2.05) is 42.5 Å². The maximum Gasteiger partial charge on any atom is 0.150 e. The standard InChI is InChI=1S/C17H11FO/c18-17-9-12(11-19)5-8-16(17)15-7-6-13-3-1-2-4-14(13)10-15/h1-11H. The van der Waals surface area contributed by atoms with E-state index >= 15 is 0 Å². The largest absolute Gasteiger partial charge is 0.298 e. The molecule has 19 heavy (non-hydrogen) atoms. The summed E-state index contributed by atoms with van der Waals surface area (Å²) < 4.78 is 14.0. The number of carbonyl (C=O) groups is 1. The van der Waals surface area contributed by atoms with E-state index in [4.69, 9.17) is 0 Å². The molecule has 3 rings (SSSR count). The van der Waals surface area contributed by atoms with Gasteiger partial charge in [-0.25, -0.2) is 4.39 Å². The third kappa shape index (κ3) is 2.13. The number of rotatable bonds is 2. The molecule has 0 spiro atoms. The molecule has 3 aromatic rings. The molecular weight excluding hydrogens is 239 g/mol. The van der Waals surface area contributed by atoms with Gasteiger partial charge in [0.2, 0.25) is 0 Å². The Bertz CT molecular complexity index is 762. The zero-order chi connectivity index (χ0) is 13.2. The Labute approximate surface area is 110 Å². The molecule has 0 fully saturated rings. The quantitative estimate of drug-likeness (QED) is 0.614. The molecular formula is C17H11FO. The molecule has 0 aliphatic carbocycles. The number of halogens is 1. The van der Waals surface area contributed by atoms with Crippen LogP contribution in [0.4, 0.5) is 4.39 Å². The number of aldehydes is 1. The topological polar surface area (TPSA) is 17.1 Å². The van der Waals surface area contributed by atoms with Crippen molar-refractivity contribution in [2.45, 2.75) is 0 Å². The summed E-state index contributed by atoms with van der Waals surface area (Å²) in [5.41, 5.74) is 1.67. The van der Waals surface area contributed by atoms with Crippen LogP contribution in [0.25, 0.3) is 21.9 Å². The van der Waals surface area contributed by atoms with Crippen LogP contribution in [0.5, 0.6) is 0 Å². The van der Waals surface area contributed by atoms with Crippen LogP contribution < -0.4 is 0 Å². The number of fused-ring (bicyclic) bond motifs is 1. The maximum absolute atomic E-state index is 14.0. The Hall–Kier alpha value is -2.48. The molecule has 0 saturated carbocycles. The van der Waals surface area contributed by atoms with Crippen molar-refractivity contribution in [3.63, 3.8) is 0 Å². The Morgan fingerprint density at radius 3 is 2.37 bits per heavy atom. The van der Waals surface area contributed by atoms with E-state index in [-0.39, 0.29) is 5.82 Å². The van der Waals surface area contributed by atoms with Gasteiger partial charge in [-0.3, -0.25) is 4.79 Å². The monoisotopic (exact) mass is 250 g/mol. The van der Waals surface area contributed by atoms with Gasteiger partial charge < -0.3 is 0 Å². The first-order chi connectivity index (χ1) is 9.28. The Morgan fingerprint density at radius 2 is 1.63 bits per heavy atom. The summed E-state index contributed by atoms with van der Waals surface area (Å²) in [5.74, 6) is -0.375. The SMILES string of the molecule is O=Cc1ccc(-c2ccc3ccccc3c2)c(F)c1.